The van der Waals surface area contributed by atoms with Gasteiger partial charge in [-0.15, -0.1) is 0 Å². The van der Waals surface area contributed by atoms with Crippen molar-refractivity contribution < 1.29 is 23.9 Å². The van der Waals surface area contributed by atoms with E-state index in [0.29, 0.717) is 23.1 Å². The second-order valence-electron chi connectivity index (χ2n) is 8.72. The van der Waals surface area contributed by atoms with Gasteiger partial charge in [0, 0.05) is 5.56 Å². The summed E-state index contributed by atoms with van der Waals surface area (Å²) in [6, 6.07) is 15.0. The number of benzene rings is 2. The molecule has 3 fully saturated rings. The largest absolute Gasteiger partial charge is 0.451 e. The number of Topliss-reactive ketones (excluding diaryl/α,β-unsaturated/α-hetero) is 1. The first-order valence-corrected chi connectivity index (χ1v) is 10.7. The number of imide groups is 1. The van der Waals surface area contributed by atoms with Crippen molar-refractivity contribution in [3.63, 3.8) is 0 Å². The fourth-order valence-electron chi connectivity index (χ4n) is 5.55. The van der Waals surface area contributed by atoms with E-state index >= 15 is 0 Å². The molecule has 2 amide bonds. The van der Waals surface area contributed by atoms with Crippen molar-refractivity contribution in [3.05, 3.63) is 65.7 Å². The monoisotopic (exact) mass is 417 g/mol. The van der Waals surface area contributed by atoms with E-state index in [1.807, 2.05) is 0 Å². The van der Waals surface area contributed by atoms with Gasteiger partial charge in [0.05, 0.1) is 23.1 Å². The molecule has 6 nitrogen and oxygen atoms in total. The fraction of sp³-hybridized carbons (Fsp3) is 0.360. The molecule has 2 saturated carbocycles. The zero-order valence-corrected chi connectivity index (χ0v) is 17.2. The van der Waals surface area contributed by atoms with Crippen molar-refractivity contribution >= 4 is 29.3 Å². The highest BCUT2D eigenvalue weighted by molar-refractivity contribution is 6.22. The summed E-state index contributed by atoms with van der Waals surface area (Å²) in [4.78, 5) is 52.5. The third kappa shape index (κ3) is 3.17. The molecule has 1 aliphatic heterocycles. The Bertz CT molecular complexity index is 1050. The van der Waals surface area contributed by atoms with Crippen molar-refractivity contribution in [1.82, 2.24) is 0 Å². The number of carbonyl (C=O) groups excluding carboxylic acids is 4. The van der Waals surface area contributed by atoms with Gasteiger partial charge in [-0.3, -0.25) is 19.3 Å². The molecule has 2 bridgehead atoms. The number of ether oxygens (including phenoxy) is 1. The summed E-state index contributed by atoms with van der Waals surface area (Å²) < 4.78 is 5.37. The molecule has 5 atom stereocenters. The van der Waals surface area contributed by atoms with E-state index < -0.39 is 12.1 Å². The molecule has 2 aromatic carbocycles. The Balaban J connectivity index is 1.34. The number of amides is 2. The van der Waals surface area contributed by atoms with E-state index in [0.717, 1.165) is 19.3 Å². The molecule has 1 heterocycles. The molecule has 158 valence electrons. The molecule has 2 aromatic rings. The molecule has 0 radical (unpaired) electrons. The minimum Gasteiger partial charge on any atom is -0.451 e. The number of nitrogens with zero attached hydrogens (tertiary/aromatic N) is 1. The van der Waals surface area contributed by atoms with Gasteiger partial charge in [-0.2, -0.15) is 0 Å². The maximum absolute atomic E-state index is 13.0. The van der Waals surface area contributed by atoms with Crippen LogP contribution in [0, 0.1) is 23.7 Å². The van der Waals surface area contributed by atoms with E-state index in [-0.39, 0.29) is 35.0 Å². The second kappa shape index (κ2) is 7.45. The van der Waals surface area contributed by atoms with Crippen molar-refractivity contribution in [2.45, 2.75) is 32.3 Å². The molecule has 5 unspecified atom stereocenters. The summed E-state index contributed by atoms with van der Waals surface area (Å²) in [5.74, 6) is -1.10. The Kier molecular flexibility index (Phi) is 4.73. The molecule has 0 spiro atoms. The molecular formula is C25H23NO5. The third-order valence-electron chi connectivity index (χ3n) is 6.98. The van der Waals surface area contributed by atoms with E-state index in [1.54, 1.807) is 48.5 Å². The van der Waals surface area contributed by atoms with Crippen molar-refractivity contribution in [2.24, 2.45) is 23.7 Å². The van der Waals surface area contributed by atoms with Gasteiger partial charge in [0.2, 0.25) is 17.6 Å². The molecule has 2 aliphatic carbocycles. The zero-order chi connectivity index (χ0) is 21.7. The van der Waals surface area contributed by atoms with E-state index in [1.165, 1.54) is 17.9 Å². The standard InChI is InChI=1S/C25H23NO5/c1-14(22(27)15-6-3-2-4-7-15)31-25(30)18-8-5-9-19(13-18)26-23(28)20-16-10-11-17(12-16)21(20)24(26)29/h2-9,13-14,16-17,20-21H,10-12H2,1H3. The number of ketones is 1. The van der Waals surface area contributed by atoms with Crippen molar-refractivity contribution in [2.75, 3.05) is 4.90 Å². The van der Waals surface area contributed by atoms with Gasteiger partial charge in [-0.1, -0.05) is 36.4 Å². The highest BCUT2D eigenvalue weighted by Crippen LogP contribution is 2.56. The summed E-state index contributed by atoms with van der Waals surface area (Å²) in [6.07, 6.45) is 2.04. The second-order valence-corrected chi connectivity index (χ2v) is 8.72. The molecule has 0 N–H and O–H groups in total. The lowest BCUT2D eigenvalue weighted by Crippen LogP contribution is -2.33. The first-order valence-electron chi connectivity index (χ1n) is 10.7. The molecule has 6 heteroatoms. The third-order valence-corrected chi connectivity index (χ3v) is 6.98. The molecule has 31 heavy (non-hydrogen) atoms. The molecule has 1 saturated heterocycles. The van der Waals surface area contributed by atoms with Gasteiger partial charge in [-0.25, -0.2) is 4.79 Å². The van der Waals surface area contributed by atoms with Crippen LogP contribution in [0.1, 0.15) is 46.9 Å². The number of fused-ring (bicyclic) bond motifs is 5. The van der Waals surface area contributed by atoms with Gasteiger partial charge < -0.3 is 4.74 Å². The van der Waals surface area contributed by atoms with Crippen LogP contribution in [0.4, 0.5) is 5.69 Å². The minimum atomic E-state index is -0.955. The van der Waals surface area contributed by atoms with Crippen LogP contribution >= 0.6 is 0 Å². The lowest BCUT2D eigenvalue weighted by Gasteiger charge is -2.19. The van der Waals surface area contributed by atoms with E-state index in [9.17, 15) is 19.2 Å². The number of esters is 1. The SMILES string of the molecule is CC(OC(=O)c1cccc(N2C(=O)C3C4CCC(C4)C3C2=O)c1)C(=O)c1ccccc1. The predicted molar refractivity (Wildman–Crippen MR) is 112 cm³/mol. The number of hydrogen-bond donors (Lipinski definition) is 0. The van der Waals surface area contributed by atoms with E-state index in [4.69, 9.17) is 4.74 Å². The zero-order valence-electron chi connectivity index (χ0n) is 17.2. The molecule has 0 aromatic heterocycles. The number of anilines is 1. The van der Waals surface area contributed by atoms with Crippen LogP contribution in [0.2, 0.25) is 0 Å². The van der Waals surface area contributed by atoms with Gasteiger partial charge in [0.15, 0.2) is 6.10 Å². The maximum Gasteiger partial charge on any atom is 0.338 e. The summed E-state index contributed by atoms with van der Waals surface area (Å²) in [5, 5.41) is 0. The van der Waals surface area contributed by atoms with Crippen LogP contribution in [0.5, 0.6) is 0 Å². The lowest BCUT2D eigenvalue weighted by atomic mass is 9.81. The Labute approximate surface area is 180 Å². The first-order chi connectivity index (χ1) is 15.0. The highest BCUT2D eigenvalue weighted by Gasteiger charge is 2.61. The summed E-state index contributed by atoms with van der Waals surface area (Å²) in [5.41, 5.74) is 1.05. The highest BCUT2D eigenvalue weighted by atomic mass is 16.5. The predicted octanol–water partition coefficient (Wildman–Crippen LogP) is 3.65. The minimum absolute atomic E-state index is 0.152. The first kappa shape index (κ1) is 19.7. The Morgan fingerprint density at radius 2 is 1.52 bits per heavy atom. The summed E-state index contributed by atoms with van der Waals surface area (Å²) in [7, 11) is 0. The van der Waals surface area contributed by atoms with Crippen LogP contribution in [-0.4, -0.2) is 29.7 Å². The van der Waals surface area contributed by atoms with Crippen molar-refractivity contribution in [1.29, 1.82) is 0 Å². The van der Waals surface area contributed by atoms with Gasteiger partial charge >= 0.3 is 5.97 Å². The van der Waals surface area contributed by atoms with Crippen molar-refractivity contribution in [3.8, 4) is 0 Å². The smallest absolute Gasteiger partial charge is 0.338 e. The Morgan fingerprint density at radius 1 is 0.903 bits per heavy atom. The maximum atomic E-state index is 13.0. The molecular weight excluding hydrogens is 394 g/mol. The van der Waals surface area contributed by atoms with Crippen LogP contribution in [0.15, 0.2) is 54.6 Å². The quantitative estimate of drug-likeness (QED) is 0.421. The number of hydrogen-bond acceptors (Lipinski definition) is 5. The van der Waals surface area contributed by atoms with Crippen LogP contribution in [0.25, 0.3) is 0 Å². The summed E-state index contributed by atoms with van der Waals surface area (Å²) >= 11 is 0. The topological polar surface area (TPSA) is 80.8 Å². The number of carbonyl (C=O) groups is 4. The van der Waals surface area contributed by atoms with Crippen LogP contribution in [0.3, 0.4) is 0 Å². The lowest BCUT2D eigenvalue weighted by molar-refractivity contribution is -0.123. The van der Waals surface area contributed by atoms with Gasteiger partial charge in [-0.05, 0) is 56.2 Å². The normalized spacial score (nSPS) is 27.3. The average Bonchev–Trinajstić information content (AvgIpc) is 3.47. The van der Waals surface area contributed by atoms with Crippen LogP contribution < -0.4 is 4.90 Å². The van der Waals surface area contributed by atoms with Crippen LogP contribution in [-0.2, 0) is 14.3 Å². The molecule has 5 rings (SSSR count). The Hall–Kier alpha value is -3.28. The van der Waals surface area contributed by atoms with E-state index in [2.05, 4.69) is 0 Å². The fourth-order valence-corrected chi connectivity index (χ4v) is 5.55. The Morgan fingerprint density at radius 3 is 2.16 bits per heavy atom. The summed E-state index contributed by atoms with van der Waals surface area (Å²) in [6.45, 7) is 1.53. The molecule has 3 aliphatic rings. The van der Waals surface area contributed by atoms with Gasteiger partial charge in [0.1, 0.15) is 0 Å². The number of rotatable bonds is 5. The van der Waals surface area contributed by atoms with Gasteiger partial charge in [0.25, 0.3) is 0 Å². The average molecular weight is 417 g/mol.